The van der Waals surface area contributed by atoms with Gasteiger partial charge in [0.2, 0.25) is 0 Å². The van der Waals surface area contributed by atoms with Crippen molar-refractivity contribution in [3.05, 3.63) is 34.6 Å². The van der Waals surface area contributed by atoms with E-state index in [1.807, 2.05) is 0 Å². The molecule has 0 heterocycles. The normalized spacial score (nSPS) is 13.5. The number of benzene rings is 1. The van der Waals surface area contributed by atoms with Gasteiger partial charge in [0.1, 0.15) is 5.82 Å². The van der Waals surface area contributed by atoms with Crippen molar-refractivity contribution in [1.82, 2.24) is 5.32 Å². The molecule has 0 aromatic heterocycles. The molecule has 0 fully saturated rings. The molecular formula is C17H27ClFN. The number of hydrogen-bond donors (Lipinski definition) is 1. The summed E-state index contributed by atoms with van der Waals surface area (Å²) in [5, 5.41) is 4.28. The SMILES string of the molecule is CCCNC(CCCc1cc(F)ccc1Cl)C(C)(C)C. The monoisotopic (exact) mass is 299 g/mol. The highest BCUT2D eigenvalue weighted by molar-refractivity contribution is 6.31. The van der Waals surface area contributed by atoms with E-state index >= 15 is 0 Å². The van der Waals surface area contributed by atoms with Gasteiger partial charge in [-0.05, 0) is 61.4 Å². The average molecular weight is 300 g/mol. The molecule has 1 aromatic carbocycles. The van der Waals surface area contributed by atoms with Gasteiger partial charge in [-0.1, -0.05) is 39.3 Å². The fourth-order valence-corrected chi connectivity index (χ4v) is 2.60. The number of aryl methyl sites for hydroxylation is 1. The first-order valence-electron chi connectivity index (χ1n) is 7.52. The molecule has 0 aliphatic carbocycles. The molecule has 1 N–H and O–H groups in total. The Kier molecular flexibility index (Phi) is 6.97. The molecule has 1 aromatic rings. The zero-order valence-electron chi connectivity index (χ0n) is 13.1. The van der Waals surface area contributed by atoms with Crippen LogP contribution in [0, 0.1) is 11.2 Å². The Morgan fingerprint density at radius 2 is 2.00 bits per heavy atom. The van der Waals surface area contributed by atoms with E-state index in [1.165, 1.54) is 6.07 Å². The minimum absolute atomic E-state index is 0.208. The second-order valence-electron chi connectivity index (χ2n) is 6.50. The topological polar surface area (TPSA) is 12.0 Å². The van der Waals surface area contributed by atoms with E-state index in [-0.39, 0.29) is 11.2 Å². The lowest BCUT2D eigenvalue weighted by molar-refractivity contribution is 0.251. The summed E-state index contributed by atoms with van der Waals surface area (Å²) >= 11 is 6.10. The van der Waals surface area contributed by atoms with Gasteiger partial charge in [-0.2, -0.15) is 0 Å². The molecule has 0 spiro atoms. The van der Waals surface area contributed by atoms with Crippen molar-refractivity contribution < 1.29 is 4.39 Å². The molecule has 20 heavy (non-hydrogen) atoms. The Labute approximate surface area is 127 Å². The summed E-state index contributed by atoms with van der Waals surface area (Å²) in [5.41, 5.74) is 1.15. The van der Waals surface area contributed by atoms with Gasteiger partial charge in [0, 0.05) is 11.1 Å². The van der Waals surface area contributed by atoms with Crippen LogP contribution in [0.25, 0.3) is 0 Å². The average Bonchev–Trinajstić information content (AvgIpc) is 2.36. The maximum atomic E-state index is 13.2. The molecule has 0 aliphatic rings. The highest BCUT2D eigenvalue weighted by Crippen LogP contribution is 2.25. The number of hydrogen-bond acceptors (Lipinski definition) is 1. The van der Waals surface area contributed by atoms with E-state index in [9.17, 15) is 4.39 Å². The Morgan fingerprint density at radius 3 is 2.60 bits per heavy atom. The Balaban J connectivity index is 2.53. The summed E-state index contributed by atoms with van der Waals surface area (Å²) in [7, 11) is 0. The van der Waals surface area contributed by atoms with E-state index in [4.69, 9.17) is 11.6 Å². The summed E-state index contributed by atoms with van der Waals surface area (Å²) in [6.07, 6.45) is 4.07. The van der Waals surface area contributed by atoms with Crippen molar-refractivity contribution in [3.8, 4) is 0 Å². The third kappa shape index (κ3) is 5.80. The van der Waals surface area contributed by atoms with Crippen LogP contribution in [0.3, 0.4) is 0 Å². The van der Waals surface area contributed by atoms with E-state index in [0.29, 0.717) is 11.1 Å². The van der Waals surface area contributed by atoms with Gasteiger partial charge in [0.15, 0.2) is 0 Å². The van der Waals surface area contributed by atoms with E-state index in [1.54, 1.807) is 12.1 Å². The predicted octanol–water partition coefficient (Wildman–Crippen LogP) is 5.22. The minimum atomic E-state index is -0.208. The third-order valence-electron chi connectivity index (χ3n) is 3.63. The lowest BCUT2D eigenvalue weighted by Gasteiger charge is -2.32. The summed E-state index contributed by atoms with van der Waals surface area (Å²) < 4.78 is 13.2. The summed E-state index contributed by atoms with van der Waals surface area (Å²) in [5.74, 6) is -0.208. The first kappa shape index (κ1) is 17.5. The van der Waals surface area contributed by atoms with Gasteiger partial charge in [0.25, 0.3) is 0 Å². The molecule has 0 saturated heterocycles. The smallest absolute Gasteiger partial charge is 0.123 e. The van der Waals surface area contributed by atoms with Gasteiger partial charge < -0.3 is 5.32 Å². The lowest BCUT2D eigenvalue weighted by atomic mass is 9.83. The second kappa shape index (κ2) is 7.99. The molecule has 0 bridgehead atoms. The zero-order valence-corrected chi connectivity index (χ0v) is 13.9. The molecule has 1 nitrogen and oxygen atoms in total. The highest BCUT2D eigenvalue weighted by atomic mass is 35.5. The van der Waals surface area contributed by atoms with Crippen molar-refractivity contribution in [2.24, 2.45) is 5.41 Å². The van der Waals surface area contributed by atoms with Crippen molar-refractivity contribution in [1.29, 1.82) is 0 Å². The number of nitrogens with one attached hydrogen (secondary N) is 1. The molecule has 1 rings (SSSR count). The first-order chi connectivity index (χ1) is 9.34. The van der Waals surface area contributed by atoms with Crippen molar-refractivity contribution >= 4 is 11.6 Å². The van der Waals surface area contributed by atoms with Crippen LogP contribution < -0.4 is 5.32 Å². The summed E-state index contributed by atoms with van der Waals surface area (Å²) in [6, 6.07) is 5.08. The molecule has 114 valence electrons. The fourth-order valence-electron chi connectivity index (χ4n) is 2.39. The van der Waals surface area contributed by atoms with Gasteiger partial charge in [-0.15, -0.1) is 0 Å². The second-order valence-corrected chi connectivity index (χ2v) is 6.91. The molecule has 0 radical (unpaired) electrons. The van der Waals surface area contributed by atoms with Crippen LogP contribution in [0.1, 0.15) is 52.5 Å². The predicted molar refractivity (Wildman–Crippen MR) is 85.9 cm³/mol. The van der Waals surface area contributed by atoms with Crippen LogP contribution in [0.2, 0.25) is 5.02 Å². The zero-order chi connectivity index (χ0) is 15.2. The van der Waals surface area contributed by atoms with Crippen LogP contribution >= 0.6 is 11.6 Å². The number of rotatable bonds is 7. The summed E-state index contributed by atoms with van der Waals surface area (Å²) in [4.78, 5) is 0. The maximum absolute atomic E-state index is 13.2. The van der Waals surface area contributed by atoms with Crippen molar-refractivity contribution in [2.75, 3.05) is 6.54 Å². The molecule has 1 unspecified atom stereocenters. The quantitative estimate of drug-likeness (QED) is 0.728. The van der Waals surface area contributed by atoms with Gasteiger partial charge in [-0.3, -0.25) is 0 Å². The molecule has 1 atom stereocenters. The molecule has 3 heteroatoms. The van der Waals surface area contributed by atoms with Crippen molar-refractivity contribution in [3.63, 3.8) is 0 Å². The standard InChI is InChI=1S/C17H27ClFN/c1-5-11-20-16(17(2,3)4)8-6-7-13-12-14(19)9-10-15(13)18/h9-10,12,16,20H,5-8,11H2,1-4H3. The van der Waals surface area contributed by atoms with E-state index < -0.39 is 0 Å². The number of halogens is 2. The Morgan fingerprint density at radius 1 is 1.30 bits per heavy atom. The van der Waals surface area contributed by atoms with Crippen LogP contribution in [0.5, 0.6) is 0 Å². The maximum Gasteiger partial charge on any atom is 0.123 e. The Bertz CT molecular complexity index is 412. The lowest BCUT2D eigenvalue weighted by Crippen LogP contribution is -2.40. The van der Waals surface area contributed by atoms with Gasteiger partial charge in [-0.25, -0.2) is 4.39 Å². The largest absolute Gasteiger partial charge is 0.313 e. The molecule has 0 amide bonds. The summed E-state index contributed by atoms with van der Waals surface area (Å²) in [6.45, 7) is 10.0. The van der Waals surface area contributed by atoms with Crippen LogP contribution in [0.4, 0.5) is 4.39 Å². The Hall–Kier alpha value is -0.600. The molecule has 0 saturated carbocycles. The van der Waals surface area contributed by atoms with Crippen LogP contribution in [0.15, 0.2) is 18.2 Å². The van der Waals surface area contributed by atoms with E-state index in [0.717, 1.165) is 37.8 Å². The minimum Gasteiger partial charge on any atom is -0.313 e. The highest BCUT2D eigenvalue weighted by Gasteiger charge is 2.23. The third-order valence-corrected chi connectivity index (χ3v) is 4.00. The van der Waals surface area contributed by atoms with Gasteiger partial charge in [0.05, 0.1) is 0 Å². The molecule has 0 aliphatic heterocycles. The fraction of sp³-hybridized carbons (Fsp3) is 0.647. The van der Waals surface area contributed by atoms with Crippen molar-refractivity contribution in [2.45, 2.75) is 59.4 Å². The first-order valence-corrected chi connectivity index (χ1v) is 7.89. The van der Waals surface area contributed by atoms with Gasteiger partial charge >= 0.3 is 0 Å². The van der Waals surface area contributed by atoms with E-state index in [2.05, 4.69) is 33.0 Å². The van der Waals surface area contributed by atoms with Crippen LogP contribution in [-0.2, 0) is 6.42 Å². The molecular weight excluding hydrogens is 273 g/mol. The van der Waals surface area contributed by atoms with Crippen LogP contribution in [-0.4, -0.2) is 12.6 Å².